The van der Waals surface area contributed by atoms with E-state index in [9.17, 15) is 4.79 Å². The number of aryl methyl sites for hydroxylation is 2. The highest BCUT2D eigenvalue weighted by molar-refractivity contribution is 5.90. The van der Waals surface area contributed by atoms with Gasteiger partial charge in [-0.25, -0.2) is 4.79 Å². The Morgan fingerprint density at radius 2 is 2.00 bits per heavy atom. The number of benzene rings is 1. The van der Waals surface area contributed by atoms with Crippen LogP contribution >= 0.6 is 0 Å². The SMILES string of the molecule is CCCCCOOC(=O)c1ccc(C)cc1C. The monoisotopic (exact) mass is 236 g/mol. The first kappa shape index (κ1) is 13.7. The normalized spacial score (nSPS) is 10.3. The van der Waals surface area contributed by atoms with Crippen molar-refractivity contribution in [2.45, 2.75) is 40.0 Å². The number of carbonyl (C=O) groups is 1. The standard InChI is InChI=1S/C14H20O3/c1-4-5-6-9-16-17-14(15)13-8-7-11(2)10-12(13)3/h7-8,10H,4-6,9H2,1-3H3. The van der Waals surface area contributed by atoms with Crippen molar-refractivity contribution < 1.29 is 14.6 Å². The summed E-state index contributed by atoms with van der Waals surface area (Å²) >= 11 is 0. The van der Waals surface area contributed by atoms with Gasteiger partial charge in [-0.3, -0.25) is 4.89 Å². The van der Waals surface area contributed by atoms with Gasteiger partial charge in [0.05, 0.1) is 12.2 Å². The Morgan fingerprint density at radius 1 is 1.24 bits per heavy atom. The molecule has 0 saturated carbocycles. The minimum atomic E-state index is -0.418. The minimum absolute atomic E-state index is 0.418. The van der Waals surface area contributed by atoms with Crippen LogP contribution in [0.25, 0.3) is 0 Å². The Labute approximate surface area is 103 Å². The summed E-state index contributed by atoms with van der Waals surface area (Å²) in [6, 6.07) is 5.61. The zero-order chi connectivity index (χ0) is 12.7. The highest BCUT2D eigenvalue weighted by atomic mass is 17.2. The molecule has 0 atom stereocenters. The molecule has 0 aliphatic heterocycles. The summed E-state index contributed by atoms with van der Waals surface area (Å²) in [6.45, 7) is 6.45. The molecule has 0 N–H and O–H groups in total. The maximum absolute atomic E-state index is 11.7. The van der Waals surface area contributed by atoms with E-state index in [0.29, 0.717) is 12.2 Å². The van der Waals surface area contributed by atoms with Gasteiger partial charge in [0.1, 0.15) is 0 Å². The van der Waals surface area contributed by atoms with Crippen LogP contribution in [-0.4, -0.2) is 12.6 Å². The van der Waals surface area contributed by atoms with Crippen LogP contribution in [0.5, 0.6) is 0 Å². The second kappa shape index (κ2) is 7.07. The summed E-state index contributed by atoms with van der Waals surface area (Å²) in [5.41, 5.74) is 2.60. The number of rotatable bonds is 6. The Morgan fingerprint density at radius 3 is 2.65 bits per heavy atom. The average Bonchev–Trinajstić information content (AvgIpc) is 2.28. The predicted octanol–water partition coefficient (Wildman–Crippen LogP) is 3.58. The fraction of sp³-hybridized carbons (Fsp3) is 0.500. The van der Waals surface area contributed by atoms with E-state index in [2.05, 4.69) is 6.92 Å². The number of unbranched alkanes of at least 4 members (excludes halogenated alkanes) is 2. The van der Waals surface area contributed by atoms with E-state index in [1.54, 1.807) is 6.07 Å². The van der Waals surface area contributed by atoms with Gasteiger partial charge in [-0.05, 0) is 31.9 Å². The van der Waals surface area contributed by atoms with Gasteiger partial charge in [0.2, 0.25) is 0 Å². The maximum Gasteiger partial charge on any atom is 0.373 e. The zero-order valence-corrected chi connectivity index (χ0v) is 10.8. The van der Waals surface area contributed by atoms with Crippen molar-refractivity contribution in [2.24, 2.45) is 0 Å². The lowest BCUT2D eigenvalue weighted by atomic mass is 10.1. The van der Waals surface area contributed by atoms with Crippen molar-refractivity contribution in [2.75, 3.05) is 6.61 Å². The number of carbonyl (C=O) groups excluding carboxylic acids is 1. The molecule has 1 rings (SSSR count). The molecule has 3 nitrogen and oxygen atoms in total. The second-order valence-corrected chi connectivity index (χ2v) is 4.22. The molecule has 0 aromatic heterocycles. The molecular formula is C14H20O3. The number of hydrogen-bond donors (Lipinski definition) is 0. The lowest BCUT2D eigenvalue weighted by Crippen LogP contribution is -2.08. The molecule has 0 radical (unpaired) electrons. The van der Waals surface area contributed by atoms with E-state index in [1.165, 1.54) is 0 Å². The van der Waals surface area contributed by atoms with Gasteiger partial charge in [0, 0.05) is 0 Å². The van der Waals surface area contributed by atoms with Gasteiger partial charge in [-0.1, -0.05) is 37.5 Å². The molecular weight excluding hydrogens is 216 g/mol. The van der Waals surface area contributed by atoms with Crippen LogP contribution in [0.3, 0.4) is 0 Å². The Hall–Kier alpha value is -1.35. The van der Waals surface area contributed by atoms with Crippen molar-refractivity contribution in [1.82, 2.24) is 0 Å². The van der Waals surface area contributed by atoms with Crippen molar-refractivity contribution >= 4 is 5.97 Å². The molecule has 0 spiro atoms. The minimum Gasteiger partial charge on any atom is -0.293 e. The topological polar surface area (TPSA) is 35.5 Å². The lowest BCUT2D eigenvalue weighted by molar-refractivity contribution is -0.241. The van der Waals surface area contributed by atoms with Crippen LogP contribution in [0, 0.1) is 13.8 Å². The highest BCUT2D eigenvalue weighted by Gasteiger charge is 2.11. The molecule has 0 amide bonds. The Kier molecular flexibility index (Phi) is 5.70. The Balaban J connectivity index is 2.42. The van der Waals surface area contributed by atoms with Crippen LogP contribution in [0.15, 0.2) is 18.2 Å². The molecule has 0 bridgehead atoms. The fourth-order valence-electron chi connectivity index (χ4n) is 1.59. The highest BCUT2D eigenvalue weighted by Crippen LogP contribution is 2.12. The van der Waals surface area contributed by atoms with Gasteiger partial charge in [0.25, 0.3) is 0 Å². The van der Waals surface area contributed by atoms with Crippen LogP contribution < -0.4 is 0 Å². The van der Waals surface area contributed by atoms with E-state index in [-0.39, 0.29) is 0 Å². The molecule has 1 aromatic rings. The molecule has 0 aliphatic carbocycles. The predicted molar refractivity (Wildman–Crippen MR) is 66.8 cm³/mol. The first-order chi connectivity index (χ1) is 8.15. The van der Waals surface area contributed by atoms with Gasteiger partial charge < -0.3 is 0 Å². The summed E-state index contributed by atoms with van der Waals surface area (Å²) in [7, 11) is 0. The molecule has 0 unspecified atom stereocenters. The fourth-order valence-corrected chi connectivity index (χ4v) is 1.59. The van der Waals surface area contributed by atoms with Crippen molar-refractivity contribution in [3.05, 3.63) is 34.9 Å². The van der Waals surface area contributed by atoms with Crippen molar-refractivity contribution in [1.29, 1.82) is 0 Å². The maximum atomic E-state index is 11.7. The van der Waals surface area contributed by atoms with Crippen LogP contribution in [-0.2, 0) is 9.78 Å². The van der Waals surface area contributed by atoms with Gasteiger partial charge in [0.15, 0.2) is 0 Å². The Bertz CT molecular complexity index is 372. The van der Waals surface area contributed by atoms with E-state index in [4.69, 9.17) is 9.78 Å². The van der Waals surface area contributed by atoms with E-state index in [0.717, 1.165) is 30.4 Å². The quantitative estimate of drug-likeness (QED) is 0.430. The summed E-state index contributed by atoms with van der Waals surface area (Å²) < 4.78 is 0. The summed E-state index contributed by atoms with van der Waals surface area (Å²) in [4.78, 5) is 21.3. The third kappa shape index (κ3) is 4.57. The largest absolute Gasteiger partial charge is 0.373 e. The third-order valence-electron chi connectivity index (χ3n) is 2.57. The van der Waals surface area contributed by atoms with Crippen molar-refractivity contribution in [3.63, 3.8) is 0 Å². The van der Waals surface area contributed by atoms with E-state index >= 15 is 0 Å². The smallest absolute Gasteiger partial charge is 0.293 e. The molecule has 17 heavy (non-hydrogen) atoms. The molecule has 1 aromatic carbocycles. The summed E-state index contributed by atoms with van der Waals surface area (Å²) in [5.74, 6) is -0.418. The van der Waals surface area contributed by atoms with E-state index in [1.807, 2.05) is 26.0 Å². The molecule has 94 valence electrons. The van der Waals surface area contributed by atoms with Crippen LogP contribution in [0.2, 0.25) is 0 Å². The summed E-state index contributed by atoms with van der Waals surface area (Å²) in [5, 5.41) is 0. The first-order valence-electron chi connectivity index (χ1n) is 6.06. The molecule has 0 heterocycles. The number of hydrogen-bond acceptors (Lipinski definition) is 3. The second-order valence-electron chi connectivity index (χ2n) is 4.22. The molecule has 0 fully saturated rings. The van der Waals surface area contributed by atoms with Crippen LogP contribution in [0.4, 0.5) is 0 Å². The molecule has 0 saturated heterocycles. The van der Waals surface area contributed by atoms with Gasteiger partial charge in [-0.15, -0.1) is 0 Å². The zero-order valence-electron chi connectivity index (χ0n) is 10.8. The van der Waals surface area contributed by atoms with Crippen LogP contribution in [0.1, 0.15) is 47.7 Å². The average molecular weight is 236 g/mol. The lowest BCUT2D eigenvalue weighted by Gasteiger charge is -2.06. The van der Waals surface area contributed by atoms with Crippen molar-refractivity contribution in [3.8, 4) is 0 Å². The first-order valence-corrected chi connectivity index (χ1v) is 6.06. The van der Waals surface area contributed by atoms with E-state index < -0.39 is 5.97 Å². The third-order valence-corrected chi connectivity index (χ3v) is 2.57. The molecule has 0 aliphatic rings. The van der Waals surface area contributed by atoms with Gasteiger partial charge in [-0.2, -0.15) is 4.89 Å². The van der Waals surface area contributed by atoms with Gasteiger partial charge >= 0.3 is 5.97 Å². The summed E-state index contributed by atoms with van der Waals surface area (Å²) in [6.07, 6.45) is 3.12. The molecule has 3 heteroatoms.